The first kappa shape index (κ1) is 12.8. The maximum atomic E-state index is 9.60. The number of carbonyl (C=O) groups is 1. The summed E-state index contributed by atoms with van der Waals surface area (Å²) in [6.07, 6.45) is 0. The van der Waals surface area contributed by atoms with Gasteiger partial charge in [0, 0.05) is 17.3 Å². The zero-order chi connectivity index (χ0) is 12.0. The SMILES string of the molecule is C=C(C)C(=O)O.Nc1ccc(O)c(O)c1. The van der Waals surface area contributed by atoms with Crippen molar-refractivity contribution in [3.63, 3.8) is 0 Å². The largest absolute Gasteiger partial charge is 0.504 e. The van der Waals surface area contributed by atoms with Gasteiger partial charge in [-0.05, 0) is 19.1 Å². The summed E-state index contributed by atoms with van der Waals surface area (Å²) < 4.78 is 0. The molecule has 0 aliphatic heterocycles. The Labute approximate surface area is 87.1 Å². The standard InChI is InChI=1S/C6H7NO2.C4H6O2/c7-4-1-2-5(8)6(9)3-4;1-3(2)4(5)6/h1-3,8-9H,7H2;1H2,2H3,(H,5,6). The van der Waals surface area contributed by atoms with E-state index in [9.17, 15) is 4.79 Å². The van der Waals surface area contributed by atoms with Crippen LogP contribution in [0, 0.1) is 0 Å². The Hall–Kier alpha value is -2.17. The lowest BCUT2D eigenvalue weighted by atomic mass is 10.3. The van der Waals surface area contributed by atoms with E-state index >= 15 is 0 Å². The molecule has 15 heavy (non-hydrogen) atoms. The molecule has 82 valence electrons. The molecular weight excluding hydrogens is 198 g/mol. The molecule has 1 aromatic carbocycles. The molecule has 0 fully saturated rings. The molecule has 0 atom stereocenters. The van der Waals surface area contributed by atoms with Crippen LogP contribution >= 0.6 is 0 Å². The minimum absolute atomic E-state index is 0.149. The van der Waals surface area contributed by atoms with Crippen LogP contribution in [0.15, 0.2) is 30.4 Å². The number of anilines is 1. The van der Waals surface area contributed by atoms with E-state index in [2.05, 4.69) is 6.58 Å². The highest BCUT2D eigenvalue weighted by Crippen LogP contribution is 2.25. The van der Waals surface area contributed by atoms with Crippen molar-refractivity contribution in [2.45, 2.75) is 6.92 Å². The van der Waals surface area contributed by atoms with Crippen LogP contribution in [0.1, 0.15) is 6.92 Å². The van der Waals surface area contributed by atoms with Crippen LogP contribution in [-0.4, -0.2) is 21.3 Å². The Morgan fingerprint density at radius 2 is 1.80 bits per heavy atom. The fourth-order valence-electron chi connectivity index (χ4n) is 0.540. The first-order valence-electron chi connectivity index (χ1n) is 4.01. The van der Waals surface area contributed by atoms with Gasteiger partial charge in [-0.2, -0.15) is 0 Å². The Balaban J connectivity index is 0.000000288. The fourth-order valence-corrected chi connectivity index (χ4v) is 0.540. The molecule has 0 saturated heterocycles. The average Bonchev–Trinajstić information content (AvgIpc) is 2.13. The zero-order valence-corrected chi connectivity index (χ0v) is 8.27. The van der Waals surface area contributed by atoms with Crippen molar-refractivity contribution in [2.75, 3.05) is 5.73 Å². The van der Waals surface area contributed by atoms with Gasteiger partial charge in [-0.15, -0.1) is 0 Å². The minimum Gasteiger partial charge on any atom is -0.504 e. The van der Waals surface area contributed by atoms with Crippen LogP contribution in [0.4, 0.5) is 5.69 Å². The molecule has 0 bridgehead atoms. The predicted molar refractivity (Wildman–Crippen MR) is 56.6 cm³/mol. The van der Waals surface area contributed by atoms with E-state index in [4.69, 9.17) is 21.1 Å². The third kappa shape index (κ3) is 5.20. The average molecular weight is 211 g/mol. The van der Waals surface area contributed by atoms with Crippen LogP contribution in [0.3, 0.4) is 0 Å². The lowest BCUT2D eigenvalue weighted by Gasteiger charge is -1.95. The van der Waals surface area contributed by atoms with Gasteiger partial charge in [0.05, 0.1) is 0 Å². The summed E-state index contributed by atoms with van der Waals surface area (Å²) in [6.45, 7) is 4.60. The molecule has 0 radical (unpaired) electrons. The van der Waals surface area contributed by atoms with Crippen molar-refractivity contribution in [3.05, 3.63) is 30.4 Å². The van der Waals surface area contributed by atoms with Crippen molar-refractivity contribution in [3.8, 4) is 11.5 Å². The van der Waals surface area contributed by atoms with Gasteiger partial charge in [0.15, 0.2) is 11.5 Å². The smallest absolute Gasteiger partial charge is 0.330 e. The number of aromatic hydroxyl groups is 2. The normalized spacial score (nSPS) is 8.60. The molecule has 0 aliphatic rings. The molecule has 0 heterocycles. The summed E-state index contributed by atoms with van der Waals surface area (Å²) in [7, 11) is 0. The first-order chi connectivity index (χ1) is 6.84. The number of carboxylic acids is 1. The van der Waals surface area contributed by atoms with E-state index in [-0.39, 0.29) is 17.1 Å². The fraction of sp³-hybridized carbons (Fsp3) is 0.100. The maximum absolute atomic E-state index is 9.60. The number of phenolic OH excluding ortho intramolecular Hbond substituents is 2. The Morgan fingerprint density at radius 1 is 1.33 bits per heavy atom. The van der Waals surface area contributed by atoms with Gasteiger partial charge in [-0.1, -0.05) is 6.58 Å². The number of benzene rings is 1. The van der Waals surface area contributed by atoms with Crippen LogP contribution in [0.5, 0.6) is 11.5 Å². The van der Waals surface area contributed by atoms with E-state index in [1.165, 1.54) is 25.1 Å². The Morgan fingerprint density at radius 3 is 2.07 bits per heavy atom. The van der Waals surface area contributed by atoms with Gasteiger partial charge >= 0.3 is 5.97 Å². The van der Waals surface area contributed by atoms with Crippen LogP contribution in [0.25, 0.3) is 0 Å². The minimum atomic E-state index is -0.935. The molecular formula is C10H13NO4. The van der Waals surface area contributed by atoms with Crippen molar-refractivity contribution >= 4 is 11.7 Å². The van der Waals surface area contributed by atoms with Crippen LogP contribution in [0.2, 0.25) is 0 Å². The molecule has 0 spiro atoms. The van der Waals surface area contributed by atoms with E-state index in [1.54, 1.807) is 0 Å². The molecule has 0 unspecified atom stereocenters. The highest BCUT2D eigenvalue weighted by molar-refractivity contribution is 5.84. The topological polar surface area (TPSA) is 104 Å². The predicted octanol–water partition coefficient (Wildman–Crippen LogP) is 1.33. The number of aliphatic carboxylic acids is 1. The van der Waals surface area contributed by atoms with Crippen LogP contribution in [-0.2, 0) is 4.79 Å². The third-order valence-electron chi connectivity index (χ3n) is 1.36. The molecule has 0 amide bonds. The molecule has 5 heteroatoms. The molecule has 0 saturated carbocycles. The number of hydrogen-bond donors (Lipinski definition) is 4. The van der Waals surface area contributed by atoms with Gasteiger partial charge in [0.2, 0.25) is 0 Å². The lowest BCUT2D eigenvalue weighted by molar-refractivity contribution is -0.132. The number of carboxylic acid groups (broad SMARTS) is 1. The summed E-state index contributed by atoms with van der Waals surface area (Å²) in [4.78, 5) is 9.60. The number of phenols is 2. The van der Waals surface area contributed by atoms with Crippen LogP contribution < -0.4 is 5.73 Å². The second-order valence-corrected chi connectivity index (χ2v) is 2.83. The summed E-state index contributed by atoms with van der Waals surface area (Å²) in [5.41, 5.74) is 5.87. The molecule has 1 aromatic rings. The molecule has 0 aliphatic carbocycles. The highest BCUT2D eigenvalue weighted by Gasteiger charge is 1.95. The quantitative estimate of drug-likeness (QED) is 0.243. The molecule has 5 nitrogen and oxygen atoms in total. The Bertz CT molecular complexity index is 362. The van der Waals surface area contributed by atoms with Crippen molar-refractivity contribution in [2.24, 2.45) is 0 Å². The second kappa shape index (κ2) is 5.54. The van der Waals surface area contributed by atoms with E-state index < -0.39 is 5.97 Å². The third-order valence-corrected chi connectivity index (χ3v) is 1.36. The van der Waals surface area contributed by atoms with Crippen molar-refractivity contribution in [1.29, 1.82) is 0 Å². The summed E-state index contributed by atoms with van der Waals surface area (Å²) in [6, 6.07) is 4.13. The van der Waals surface area contributed by atoms with E-state index in [0.29, 0.717) is 5.69 Å². The second-order valence-electron chi connectivity index (χ2n) is 2.83. The van der Waals surface area contributed by atoms with Crippen molar-refractivity contribution in [1.82, 2.24) is 0 Å². The highest BCUT2D eigenvalue weighted by atomic mass is 16.4. The number of nitrogen functional groups attached to an aromatic ring is 1. The number of hydrogen-bond acceptors (Lipinski definition) is 4. The van der Waals surface area contributed by atoms with Gasteiger partial charge < -0.3 is 21.1 Å². The van der Waals surface area contributed by atoms with Gasteiger partial charge in [0.1, 0.15) is 0 Å². The number of rotatable bonds is 1. The summed E-state index contributed by atoms with van der Waals surface area (Å²) in [5.74, 6) is -1.27. The molecule has 1 rings (SSSR count). The summed E-state index contributed by atoms with van der Waals surface area (Å²) >= 11 is 0. The van der Waals surface area contributed by atoms with Crippen molar-refractivity contribution < 1.29 is 20.1 Å². The van der Waals surface area contributed by atoms with E-state index in [0.717, 1.165) is 0 Å². The van der Waals surface area contributed by atoms with Gasteiger partial charge in [-0.3, -0.25) is 0 Å². The monoisotopic (exact) mass is 211 g/mol. The lowest BCUT2D eigenvalue weighted by Crippen LogP contribution is -1.92. The maximum Gasteiger partial charge on any atom is 0.330 e. The Kier molecular flexibility index (Phi) is 4.74. The molecule has 5 N–H and O–H groups in total. The first-order valence-corrected chi connectivity index (χ1v) is 4.01. The van der Waals surface area contributed by atoms with E-state index in [1.807, 2.05) is 0 Å². The number of nitrogens with two attached hydrogens (primary N) is 1. The van der Waals surface area contributed by atoms with Gasteiger partial charge in [-0.25, -0.2) is 4.79 Å². The van der Waals surface area contributed by atoms with Gasteiger partial charge in [0.25, 0.3) is 0 Å². The zero-order valence-electron chi connectivity index (χ0n) is 8.27. The summed E-state index contributed by atoms with van der Waals surface area (Å²) in [5, 5.41) is 25.4. The molecule has 0 aromatic heterocycles.